The van der Waals surface area contributed by atoms with Gasteiger partial charge >= 0.3 is 53.2 Å². The van der Waals surface area contributed by atoms with E-state index in [2.05, 4.69) is 4.98 Å². The lowest BCUT2D eigenvalue weighted by molar-refractivity contribution is -0.440. The molecule has 2 rings (SSSR count). The molecule has 0 saturated carbocycles. The maximum absolute atomic E-state index is 13.9. The molecule has 6 nitrogen and oxygen atoms in total. The summed E-state index contributed by atoms with van der Waals surface area (Å²) in [5, 5.41) is 0. The van der Waals surface area contributed by atoms with Crippen LogP contribution in [-0.4, -0.2) is 50.7 Å². The van der Waals surface area contributed by atoms with E-state index in [9.17, 15) is 66.7 Å². The number of H-pyrrole nitrogens is 2. The van der Waals surface area contributed by atoms with E-state index in [4.69, 9.17) is 4.74 Å². The maximum Gasteiger partial charge on any atom is 0.460 e. The molecule has 208 valence electrons. The Balaban J connectivity index is 2.14. The molecular formula is C18H12F13N3O3. The van der Waals surface area contributed by atoms with Gasteiger partial charge in [0.25, 0.3) is 0 Å². The third-order valence-electron chi connectivity index (χ3n) is 4.77. The molecular weight excluding hydrogens is 553 g/mol. The number of rotatable bonds is 10. The summed E-state index contributed by atoms with van der Waals surface area (Å²) >= 11 is 0. The molecule has 2 aromatic rings. The van der Waals surface area contributed by atoms with Crippen LogP contribution in [0.3, 0.4) is 0 Å². The molecule has 0 aliphatic carbocycles. The fraction of sp³-hybridized carbons (Fsp3) is 0.500. The van der Waals surface area contributed by atoms with Gasteiger partial charge in [-0.3, -0.25) is 9.97 Å². The van der Waals surface area contributed by atoms with Gasteiger partial charge in [-0.15, -0.1) is 4.98 Å². The van der Waals surface area contributed by atoms with E-state index in [-0.39, 0.29) is 11.1 Å². The first-order valence-corrected chi connectivity index (χ1v) is 9.44. The summed E-state index contributed by atoms with van der Waals surface area (Å²) in [5.41, 5.74) is -2.12. The van der Waals surface area contributed by atoms with Gasteiger partial charge in [0.05, 0.1) is 0 Å². The van der Waals surface area contributed by atoms with Crippen molar-refractivity contribution in [2.45, 2.75) is 55.2 Å². The van der Waals surface area contributed by atoms with Crippen molar-refractivity contribution in [2.75, 3.05) is 0 Å². The van der Waals surface area contributed by atoms with E-state index in [1.165, 1.54) is 0 Å². The van der Waals surface area contributed by atoms with E-state index >= 15 is 0 Å². The predicted molar refractivity (Wildman–Crippen MR) is 95.4 cm³/mol. The Morgan fingerprint density at radius 1 is 0.676 bits per heavy atom. The number of halogens is 13. The molecule has 0 saturated heterocycles. The van der Waals surface area contributed by atoms with Crippen LogP contribution in [0.25, 0.3) is 0 Å². The van der Waals surface area contributed by atoms with E-state index < -0.39 is 72.6 Å². The van der Waals surface area contributed by atoms with Crippen molar-refractivity contribution in [3.63, 3.8) is 0 Å². The van der Waals surface area contributed by atoms with Gasteiger partial charge in [-0.1, -0.05) is 24.3 Å². The second-order valence-corrected chi connectivity index (χ2v) is 7.41. The van der Waals surface area contributed by atoms with E-state index in [1.807, 2.05) is 4.98 Å². The molecule has 0 spiro atoms. The molecule has 0 atom stereocenters. The number of hydrogen-bond donors (Lipinski definition) is 2. The van der Waals surface area contributed by atoms with Crippen molar-refractivity contribution in [2.24, 2.45) is 0 Å². The molecule has 1 heterocycles. The van der Waals surface area contributed by atoms with Gasteiger partial charge in [0.15, 0.2) is 0 Å². The number of benzene rings is 1. The highest BCUT2D eigenvalue weighted by molar-refractivity contribution is 5.23. The van der Waals surface area contributed by atoms with Crippen LogP contribution < -0.4 is 16.1 Å². The van der Waals surface area contributed by atoms with Crippen LogP contribution in [0, 0.1) is 0 Å². The van der Waals surface area contributed by atoms with Gasteiger partial charge in [-0.2, -0.15) is 57.1 Å². The van der Waals surface area contributed by atoms with Crippen molar-refractivity contribution in [1.29, 1.82) is 0 Å². The van der Waals surface area contributed by atoms with Crippen molar-refractivity contribution in [1.82, 2.24) is 15.0 Å². The lowest BCUT2D eigenvalue weighted by atomic mass is 9.91. The van der Waals surface area contributed by atoms with Crippen LogP contribution >= 0.6 is 0 Å². The number of alkyl halides is 13. The zero-order valence-corrected chi connectivity index (χ0v) is 17.5. The van der Waals surface area contributed by atoms with Crippen LogP contribution in [0.1, 0.15) is 17.5 Å². The average Bonchev–Trinajstić information content (AvgIpc) is 2.75. The van der Waals surface area contributed by atoms with Crippen molar-refractivity contribution in [3.8, 4) is 6.01 Å². The fourth-order valence-corrected chi connectivity index (χ4v) is 2.66. The number of ether oxygens (including phenoxy) is 1. The summed E-state index contributed by atoms with van der Waals surface area (Å²) in [5.74, 6) is -37.0. The van der Waals surface area contributed by atoms with Gasteiger partial charge in [-0.05, 0) is 17.5 Å². The molecule has 19 heteroatoms. The minimum atomic E-state index is -7.93. The molecule has 0 aliphatic heterocycles. The third kappa shape index (κ3) is 5.53. The van der Waals surface area contributed by atoms with Crippen LogP contribution in [0.2, 0.25) is 0 Å². The van der Waals surface area contributed by atoms with Crippen LogP contribution in [-0.2, 0) is 13.0 Å². The number of hydrogen-bond acceptors (Lipinski definition) is 4. The third-order valence-corrected chi connectivity index (χ3v) is 4.77. The van der Waals surface area contributed by atoms with E-state index in [1.54, 1.807) is 4.98 Å². The number of nitrogens with zero attached hydrogens (tertiary/aromatic N) is 1. The smallest absolute Gasteiger partial charge is 0.460 e. The predicted octanol–water partition coefficient (Wildman–Crippen LogP) is 4.71. The highest BCUT2D eigenvalue weighted by Gasteiger charge is 2.90. The molecule has 2 N–H and O–H groups in total. The van der Waals surface area contributed by atoms with Gasteiger partial charge in [0.1, 0.15) is 6.61 Å². The first-order valence-electron chi connectivity index (χ1n) is 9.44. The van der Waals surface area contributed by atoms with Crippen molar-refractivity contribution in [3.05, 3.63) is 56.4 Å². The van der Waals surface area contributed by atoms with Crippen molar-refractivity contribution >= 4 is 0 Å². The molecule has 0 aliphatic rings. The summed E-state index contributed by atoms with van der Waals surface area (Å²) in [7, 11) is 0. The molecule has 1 aromatic heterocycles. The Morgan fingerprint density at radius 2 is 1.16 bits per heavy atom. The summed E-state index contributed by atoms with van der Waals surface area (Å²) in [4.78, 5) is 29.1. The molecule has 0 amide bonds. The first kappa shape index (κ1) is 29.9. The highest BCUT2D eigenvalue weighted by Crippen LogP contribution is 2.60. The second kappa shape index (κ2) is 9.55. The largest absolute Gasteiger partial charge is 0.460 e. The molecule has 0 radical (unpaired) electrons. The minimum absolute atomic E-state index is 0.198. The number of aromatic amines is 2. The first-order chi connectivity index (χ1) is 16.6. The fourth-order valence-electron chi connectivity index (χ4n) is 2.66. The zero-order chi connectivity index (χ0) is 28.7. The number of nitrogens with one attached hydrogen (secondary N) is 2. The summed E-state index contributed by atoms with van der Waals surface area (Å²) in [6.07, 6.45) is -11.0. The Morgan fingerprint density at radius 3 is 1.65 bits per heavy atom. The van der Waals surface area contributed by atoms with Gasteiger partial charge < -0.3 is 4.74 Å². The standard InChI is InChI=1S/C18H12F13N3O3/c19-13(20,14(21,22)15(23,24)16(25,26)17(27,28)18(29,30)31)6-5-8-1-3-9(4-2-8)7-37-12-33-10(35)32-11(36)34-12/h1-4H,5-7H2,(H2,32,33,34,35,36). The molecule has 37 heavy (non-hydrogen) atoms. The number of aryl methyl sites for hydroxylation is 1. The van der Waals surface area contributed by atoms with E-state index in [0.29, 0.717) is 0 Å². The Labute approximate surface area is 195 Å². The summed E-state index contributed by atoms with van der Waals surface area (Å²) in [6, 6.07) is 3.58. The SMILES string of the molecule is O=c1nc(OCc2ccc(CCC(F)(F)C(F)(F)C(F)(F)C(F)(F)C(F)(F)C(F)(F)F)cc2)[nH]c(=O)[nH]1. The maximum atomic E-state index is 13.9. The highest BCUT2D eigenvalue weighted by atomic mass is 19.4. The lowest BCUT2D eigenvalue weighted by Gasteiger charge is -2.39. The monoisotopic (exact) mass is 565 g/mol. The topological polar surface area (TPSA) is 87.8 Å². The Kier molecular flexibility index (Phi) is 7.73. The molecule has 1 aromatic carbocycles. The van der Waals surface area contributed by atoms with E-state index in [0.717, 1.165) is 24.3 Å². The van der Waals surface area contributed by atoms with Gasteiger partial charge in [0.2, 0.25) is 0 Å². The van der Waals surface area contributed by atoms with Gasteiger partial charge in [0, 0.05) is 6.42 Å². The summed E-state index contributed by atoms with van der Waals surface area (Å²) < 4.78 is 176. The van der Waals surface area contributed by atoms with Crippen LogP contribution in [0.5, 0.6) is 6.01 Å². The normalized spacial score (nSPS) is 14.1. The average molecular weight is 565 g/mol. The minimum Gasteiger partial charge on any atom is -0.460 e. The Bertz CT molecular complexity index is 1180. The molecule has 0 bridgehead atoms. The number of aromatic nitrogens is 3. The van der Waals surface area contributed by atoms with Crippen molar-refractivity contribution < 1.29 is 61.8 Å². The molecule has 0 unspecified atom stereocenters. The second-order valence-electron chi connectivity index (χ2n) is 7.41. The zero-order valence-electron chi connectivity index (χ0n) is 17.5. The van der Waals surface area contributed by atoms with Gasteiger partial charge in [-0.25, -0.2) is 9.59 Å². The lowest BCUT2D eigenvalue weighted by Crippen LogP contribution is -2.70. The van der Waals surface area contributed by atoms with Crippen LogP contribution in [0.4, 0.5) is 57.1 Å². The van der Waals surface area contributed by atoms with Crippen LogP contribution in [0.15, 0.2) is 33.9 Å². The quantitative estimate of drug-likeness (QED) is 0.409. The Hall–Kier alpha value is -3.28. The molecule has 0 fully saturated rings. The summed E-state index contributed by atoms with van der Waals surface area (Å²) in [6.45, 7) is -0.393.